The number of Topliss-reactive ketones (excluding diaryl/α,β-unsaturated/α-hetero) is 1. The second kappa shape index (κ2) is 10.8. The van der Waals surface area contributed by atoms with Crippen molar-refractivity contribution in [3.8, 4) is 0 Å². The number of nitrogens with zero attached hydrogens (tertiary/aromatic N) is 2. The number of carbonyl (C=O) groups is 3. The van der Waals surface area contributed by atoms with E-state index < -0.39 is 23.4 Å². The number of nitrogens with one attached hydrogen (secondary N) is 1. The lowest BCUT2D eigenvalue weighted by Gasteiger charge is -2.37. The van der Waals surface area contributed by atoms with Crippen molar-refractivity contribution in [1.82, 2.24) is 10.3 Å². The number of hydrogen-bond acceptors (Lipinski definition) is 6. The van der Waals surface area contributed by atoms with Gasteiger partial charge in [-0.1, -0.05) is 0 Å². The molecule has 0 atom stereocenters. The first kappa shape index (κ1) is 25.6. The van der Waals surface area contributed by atoms with Crippen LogP contribution in [0.15, 0.2) is 18.3 Å². The van der Waals surface area contributed by atoms with Gasteiger partial charge in [-0.05, 0) is 85.8 Å². The molecule has 0 unspecified atom stereocenters. The van der Waals surface area contributed by atoms with Crippen LogP contribution in [0.5, 0.6) is 0 Å². The molecular formula is C24H37N3O5. The van der Waals surface area contributed by atoms with Gasteiger partial charge in [0.2, 0.25) is 0 Å². The number of hydrogen-bond donors (Lipinski definition) is 1. The molecule has 1 fully saturated rings. The molecule has 178 valence electrons. The van der Waals surface area contributed by atoms with Gasteiger partial charge in [-0.3, -0.25) is 9.69 Å². The van der Waals surface area contributed by atoms with Crippen LogP contribution >= 0.6 is 0 Å². The van der Waals surface area contributed by atoms with Gasteiger partial charge in [0.25, 0.3) is 0 Å². The first-order valence-corrected chi connectivity index (χ1v) is 11.3. The predicted octanol–water partition coefficient (Wildman–Crippen LogP) is 5.25. The van der Waals surface area contributed by atoms with Gasteiger partial charge in [-0.25, -0.2) is 14.6 Å². The zero-order valence-electron chi connectivity index (χ0n) is 20.2. The SMILES string of the molecule is CC(C)(C)OC(=O)NCCCCC(=O)c1ccc(N(C(=O)OC(C)(C)C)C2CCC2)nc1. The van der Waals surface area contributed by atoms with Gasteiger partial charge in [0, 0.05) is 30.8 Å². The number of aromatic nitrogens is 1. The Hall–Kier alpha value is -2.64. The molecule has 32 heavy (non-hydrogen) atoms. The molecule has 0 saturated heterocycles. The van der Waals surface area contributed by atoms with Crippen LogP contribution < -0.4 is 10.2 Å². The third-order valence-electron chi connectivity index (χ3n) is 4.85. The highest BCUT2D eigenvalue weighted by molar-refractivity contribution is 5.96. The fourth-order valence-corrected chi connectivity index (χ4v) is 3.14. The summed E-state index contributed by atoms with van der Waals surface area (Å²) in [4.78, 5) is 42.8. The quantitative estimate of drug-likeness (QED) is 0.431. The number of pyridine rings is 1. The molecule has 1 saturated carbocycles. The second-order valence-corrected chi connectivity index (χ2v) is 10.1. The van der Waals surface area contributed by atoms with E-state index in [2.05, 4.69) is 10.3 Å². The molecule has 1 aromatic rings. The summed E-state index contributed by atoms with van der Waals surface area (Å²) in [6.07, 6.45) is 5.23. The van der Waals surface area contributed by atoms with Crippen LogP contribution in [0.1, 0.15) is 90.4 Å². The average molecular weight is 448 g/mol. The normalized spacial score (nSPS) is 14.3. The van der Waals surface area contributed by atoms with E-state index in [0.717, 1.165) is 19.3 Å². The molecule has 2 rings (SSSR count). The smallest absolute Gasteiger partial charge is 0.416 e. The zero-order valence-corrected chi connectivity index (χ0v) is 20.2. The van der Waals surface area contributed by atoms with Crippen LogP contribution in [-0.2, 0) is 9.47 Å². The minimum Gasteiger partial charge on any atom is -0.444 e. The number of ketones is 1. The average Bonchev–Trinajstić information content (AvgIpc) is 2.61. The lowest BCUT2D eigenvalue weighted by molar-refractivity contribution is 0.0522. The summed E-state index contributed by atoms with van der Waals surface area (Å²) >= 11 is 0. The summed E-state index contributed by atoms with van der Waals surface area (Å²) < 4.78 is 10.7. The molecule has 0 spiro atoms. The molecule has 0 radical (unpaired) electrons. The largest absolute Gasteiger partial charge is 0.444 e. The predicted molar refractivity (Wildman–Crippen MR) is 123 cm³/mol. The van der Waals surface area contributed by atoms with Crippen molar-refractivity contribution in [2.75, 3.05) is 11.4 Å². The van der Waals surface area contributed by atoms with E-state index in [1.165, 1.54) is 6.20 Å². The Balaban J connectivity index is 1.85. The third kappa shape index (κ3) is 8.48. The molecule has 0 bridgehead atoms. The van der Waals surface area contributed by atoms with Gasteiger partial charge in [-0.2, -0.15) is 0 Å². The molecule has 1 heterocycles. The number of carbonyl (C=O) groups excluding carboxylic acids is 3. The first-order valence-electron chi connectivity index (χ1n) is 11.3. The number of unbranched alkanes of at least 4 members (excludes halogenated alkanes) is 1. The van der Waals surface area contributed by atoms with Crippen molar-refractivity contribution in [2.45, 2.75) is 97.3 Å². The number of rotatable bonds is 8. The molecule has 1 aromatic heterocycles. The van der Waals surface area contributed by atoms with Crippen LogP contribution in [0.2, 0.25) is 0 Å². The molecule has 8 heteroatoms. The second-order valence-electron chi connectivity index (χ2n) is 10.1. The maximum atomic E-state index is 12.7. The Morgan fingerprint density at radius 3 is 2.19 bits per heavy atom. The lowest BCUT2D eigenvalue weighted by Crippen LogP contribution is -2.47. The maximum absolute atomic E-state index is 12.7. The van der Waals surface area contributed by atoms with Crippen molar-refractivity contribution in [3.05, 3.63) is 23.9 Å². The van der Waals surface area contributed by atoms with E-state index in [1.54, 1.807) is 17.0 Å². The Labute approximate surface area is 191 Å². The summed E-state index contributed by atoms with van der Waals surface area (Å²) in [6, 6.07) is 3.50. The van der Waals surface area contributed by atoms with Crippen molar-refractivity contribution >= 4 is 23.8 Å². The highest BCUT2D eigenvalue weighted by Crippen LogP contribution is 2.30. The molecule has 2 amide bonds. The van der Waals surface area contributed by atoms with Crippen LogP contribution in [0, 0.1) is 0 Å². The molecule has 1 aliphatic carbocycles. The zero-order chi connectivity index (χ0) is 23.9. The molecule has 0 aliphatic heterocycles. The standard InChI is InChI=1S/C24H37N3O5/c1-23(2,3)31-21(29)25-15-8-7-12-19(28)17-13-14-20(26-16-17)27(18-10-9-11-18)22(30)32-24(4,5)6/h13-14,16,18H,7-12,15H2,1-6H3,(H,25,29). The van der Waals surface area contributed by atoms with Gasteiger partial charge in [-0.15, -0.1) is 0 Å². The summed E-state index contributed by atoms with van der Waals surface area (Å²) in [6.45, 7) is 11.4. The maximum Gasteiger partial charge on any atom is 0.416 e. The third-order valence-corrected chi connectivity index (χ3v) is 4.85. The topological polar surface area (TPSA) is 97.8 Å². The molecular weight excluding hydrogens is 410 g/mol. The lowest BCUT2D eigenvalue weighted by atomic mass is 9.91. The minimum absolute atomic E-state index is 0.0196. The number of amides is 2. The minimum atomic E-state index is -0.590. The van der Waals surface area contributed by atoms with Gasteiger partial charge in [0.15, 0.2) is 5.78 Å². The molecule has 1 N–H and O–H groups in total. The van der Waals surface area contributed by atoms with Crippen molar-refractivity contribution in [3.63, 3.8) is 0 Å². The van der Waals surface area contributed by atoms with Crippen molar-refractivity contribution in [1.29, 1.82) is 0 Å². The van der Waals surface area contributed by atoms with Gasteiger partial charge in [0.1, 0.15) is 17.0 Å². The molecule has 8 nitrogen and oxygen atoms in total. The summed E-state index contributed by atoms with van der Waals surface area (Å²) in [5.41, 5.74) is -0.615. The van der Waals surface area contributed by atoms with E-state index in [9.17, 15) is 14.4 Å². The summed E-state index contributed by atoms with van der Waals surface area (Å²) in [5.74, 6) is 0.482. The molecule has 0 aromatic carbocycles. The van der Waals surface area contributed by atoms with E-state index in [4.69, 9.17) is 9.47 Å². The number of alkyl carbamates (subject to hydrolysis) is 1. The first-order chi connectivity index (χ1) is 14.9. The van der Waals surface area contributed by atoms with E-state index in [-0.39, 0.29) is 11.8 Å². The fraction of sp³-hybridized carbons (Fsp3) is 0.667. The summed E-state index contributed by atoms with van der Waals surface area (Å²) in [5, 5.41) is 2.69. The Morgan fingerprint density at radius 1 is 1.03 bits per heavy atom. The van der Waals surface area contributed by atoms with E-state index in [0.29, 0.717) is 37.2 Å². The number of anilines is 1. The van der Waals surface area contributed by atoms with Gasteiger partial charge >= 0.3 is 12.2 Å². The monoisotopic (exact) mass is 447 g/mol. The fourth-order valence-electron chi connectivity index (χ4n) is 3.14. The van der Waals surface area contributed by atoms with E-state index in [1.807, 2.05) is 41.5 Å². The van der Waals surface area contributed by atoms with Crippen LogP contribution in [0.4, 0.5) is 15.4 Å². The Kier molecular flexibility index (Phi) is 8.64. The van der Waals surface area contributed by atoms with Gasteiger partial charge in [0.05, 0.1) is 0 Å². The van der Waals surface area contributed by atoms with E-state index >= 15 is 0 Å². The van der Waals surface area contributed by atoms with Crippen molar-refractivity contribution < 1.29 is 23.9 Å². The Bertz CT molecular complexity index is 789. The van der Waals surface area contributed by atoms with Crippen molar-refractivity contribution in [2.24, 2.45) is 0 Å². The summed E-state index contributed by atoms with van der Waals surface area (Å²) in [7, 11) is 0. The highest BCUT2D eigenvalue weighted by Gasteiger charge is 2.34. The van der Waals surface area contributed by atoms with Crippen LogP contribution in [0.25, 0.3) is 0 Å². The highest BCUT2D eigenvalue weighted by atomic mass is 16.6. The number of ether oxygens (including phenoxy) is 2. The Morgan fingerprint density at radius 2 is 1.69 bits per heavy atom. The van der Waals surface area contributed by atoms with Crippen LogP contribution in [0.3, 0.4) is 0 Å². The van der Waals surface area contributed by atoms with Gasteiger partial charge < -0.3 is 14.8 Å². The molecule has 1 aliphatic rings. The van der Waals surface area contributed by atoms with Crippen LogP contribution in [-0.4, -0.2) is 46.7 Å².